The lowest BCUT2D eigenvalue weighted by Gasteiger charge is -2.14. The fraction of sp³-hybridized carbons (Fsp3) is 0.0536. The number of hydrogen-bond acceptors (Lipinski definition) is 1. The van der Waals surface area contributed by atoms with Crippen LogP contribution in [0.4, 0.5) is 0 Å². The summed E-state index contributed by atoms with van der Waals surface area (Å²) < 4.78 is 4.62. The van der Waals surface area contributed by atoms with Crippen molar-refractivity contribution in [1.29, 1.82) is 0 Å². The zero-order valence-electron chi connectivity index (χ0n) is 33.5. The molecule has 59 heavy (non-hydrogen) atoms. The van der Waals surface area contributed by atoms with Crippen molar-refractivity contribution in [3.8, 4) is 69.0 Å². The van der Waals surface area contributed by atoms with Gasteiger partial charge in [-0.05, 0) is 101 Å². The van der Waals surface area contributed by atoms with Gasteiger partial charge in [0, 0.05) is 39.0 Å². The van der Waals surface area contributed by atoms with Gasteiger partial charge in [-0.1, -0.05) is 148 Å². The third-order valence-electron chi connectivity index (χ3n) is 10.7. The van der Waals surface area contributed by atoms with Gasteiger partial charge in [-0.25, -0.2) is 4.98 Å². The molecule has 282 valence electrons. The minimum absolute atomic E-state index is 0.900. The molecule has 0 spiro atoms. The lowest BCUT2D eigenvalue weighted by molar-refractivity contribution is 1.10. The van der Waals surface area contributed by atoms with E-state index in [1.807, 2.05) is 26.0 Å². The molecule has 0 aliphatic rings. The molecule has 0 atom stereocenters. The molecule has 0 N–H and O–H groups in total. The fourth-order valence-corrected chi connectivity index (χ4v) is 8.09. The highest BCUT2D eigenvalue weighted by Crippen LogP contribution is 2.36. The number of benzene rings is 6. The van der Waals surface area contributed by atoms with E-state index in [2.05, 4.69) is 217 Å². The number of aryl methyl sites for hydroxylation is 1. The average molecular weight is 758 g/mol. The summed E-state index contributed by atoms with van der Waals surface area (Å²) in [5.41, 5.74) is 16.3. The van der Waals surface area contributed by atoms with Gasteiger partial charge in [-0.15, -0.1) is 12.8 Å². The lowest BCUT2D eigenvalue weighted by atomic mass is 9.97. The van der Waals surface area contributed by atoms with Crippen molar-refractivity contribution >= 4 is 38.8 Å². The van der Waals surface area contributed by atoms with Crippen molar-refractivity contribution in [2.75, 3.05) is 0 Å². The Labute approximate surface area is 347 Å². The van der Waals surface area contributed by atoms with E-state index in [-0.39, 0.29) is 0 Å². The topological polar surface area (TPSA) is 22.8 Å². The van der Waals surface area contributed by atoms with E-state index < -0.39 is 0 Å². The first-order chi connectivity index (χ1) is 29.1. The SMILES string of the molecule is C#C.C=Cc1c(C)c2c#cccc2n1-c1cccc(-c2cc(-c3ccc(-c4ccccc4)cc3)cc(-c3cccc(-n4c5ccccc5c5ccccc54)c3)n2)c1.CC. The van der Waals surface area contributed by atoms with Crippen LogP contribution >= 0.6 is 0 Å². The zero-order chi connectivity index (χ0) is 40.9. The number of nitrogens with zero attached hydrogens (tertiary/aromatic N) is 3. The second-order valence-electron chi connectivity index (χ2n) is 14.0. The first-order valence-corrected chi connectivity index (χ1v) is 19.9. The predicted octanol–water partition coefficient (Wildman–Crippen LogP) is 14.6. The van der Waals surface area contributed by atoms with Crippen molar-refractivity contribution < 1.29 is 0 Å². The normalized spacial score (nSPS) is 10.7. The Bertz CT molecular complexity index is 3050. The number of aromatic nitrogens is 3. The van der Waals surface area contributed by atoms with Crippen LogP contribution in [0.3, 0.4) is 0 Å². The van der Waals surface area contributed by atoms with E-state index in [4.69, 9.17) is 4.98 Å². The van der Waals surface area contributed by atoms with Crippen LogP contribution < -0.4 is 0 Å². The van der Waals surface area contributed by atoms with Crippen LogP contribution in [0.2, 0.25) is 0 Å². The van der Waals surface area contributed by atoms with E-state index in [9.17, 15) is 0 Å². The standard InChI is InChI=1S/C52H35N3.C2H6.C2H2/c1-3-49-35(2)44-21-7-10-24-50(44)54(49)42-19-13-17-39(31-42)47-33-41(38-29-27-37(28-30-38)36-15-5-4-6-16-36)34-48(53-47)40-18-14-20-43(32-40)55-51-25-11-8-22-45(51)46-23-9-12-26-52(46)55;2*1-2/h3-6,8-20,22-34H,1H2,2H3;1-2H3;1-2H. The Morgan fingerprint density at radius 3 is 1.58 bits per heavy atom. The number of pyridine rings is 1. The minimum Gasteiger partial charge on any atom is -0.309 e. The lowest BCUT2D eigenvalue weighted by Crippen LogP contribution is -1.98. The maximum Gasteiger partial charge on any atom is 0.0716 e. The van der Waals surface area contributed by atoms with Gasteiger partial charge in [0.2, 0.25) is 0 Å². The van der Waals surface area contributed by atoms with Crippen LogP contribution in [0.5, 0.6) is 0 Å². The summed E-state index contributed by atoms with van der Waals surface area (Å²) in [7, 11) is 0. The highest BCUT2D eigenvalue weighted by Gasteiger charge is 2.17. The molecule has 3 heteroatoms. The van der Waals surface area contributed by atoms with Gasteiger partial charge in [0.05, 0.1) is 33.3 Å². The van der Waals surface area contributed by atoms with E-state index in [0.717, 1.165) is 67.2 Å². The molecule has 0 aliphatic carbocycles. The Morgan fingerprint density at radius 2 is 1.00 bits per heavy atom. The maximum absolute atomic E-state index is 5.41. The Hall–Kier alpha value is -7.85. The van der Waals surface area contributed by atoms with Gasteiger partial charge >= 0.3 is 0 Å². The fourth-order valence-electron chi connectivity index (χ4n) is 8.09. The van der Waals surface area contributed by atoms with E-state index in [1.165, 1.54) is 32.9 Å². The summed E-state index contributed by atoms with van der Waals surface area (Å²) in [5, 5.41) is 3.53. The minimum atomic E-state index is 0.900. The van der Waals surface area contributed by atoms with Gasteiger partial charge in [-0.3, -0.25) is 0 Å². The molecule has 0 aliphatic heterocycles. The van der Waals surface area contributed by atoms with E-state index in [0.29, 0.717) is 0 Å². The summed E-state index contributed by atoms with van der Waals surface area (Å²) >= 11 is 0. The predicted molar refractivity (Wildman–Crippen MR) is 251 cm³/mol. The summed E-state index contributed by atoms with van der Waals surface area (Å²) in [5.74, 6) is 0. The van der Waals surface area contributed by atoms with Gasteiger partial charge in [0.25, 0.3) is 0 Å². The second kappa shape index (κ2) is 16.7. The number of para-hydroxylation sites is 2. The Balaban J connectivity index is 0.00000118. The van der Waals surface area contributed by atoms with Crippen LogP contribution in [-0.4, -0.2) is 14.1 Å². The van der Waals surface area contributed by atoms with E-state index >= 15 is 0 Å². The van der Waals surface area contributed by atoms with Crippen molar-refractivity contribution in [2.45, 2.75) is 20.8 Å². The molecule has 0 bridgehead atoms. The molecule has 0 saturated heterocycles. The van der Waals surface area contributed by atoms with Crippen molar-refractivity contribution in [3.05, 3.63) is 206 Å². The van der Waals surface area contributed by atoms with Crippen molar-refractivity contribution in [1.82, 2.24) is 14.1 Å². The molecule has 3 heterocycles. The molecule has 10 rings (SSSR count). The summed E-state index contributed by atoms with van der Waals surface area (Å²) in [6.07, 6.45) is 9.93. The van der Waals surface area contributed by atoms with Crippen molar-refractivity contribution in [3.63, 3.8) is 0 Å². The summed E-state index contributed by atoms with van der Waals surface area (Å²) in [6, 6.07) is 69.0. The summed E-state index contributed by atoms with van der Waals surface area (Å²) in [4.78, 5) is 5.41. The first kappa shape index (κ1) is 38.0. The summed E-state index contributed by atoms with van der Waals surface area (Å²) in [6.45, 7) is 10.3. The van der Waals surface area contributed by atoms with Crippen LogP contribution in [0.15, 0.2) is 183 Å². The quantitative estimate of drug-likeness (QED) is 0.148. The van der Waals surface area contributed by atoms with Gasteiger partial charge in [-0.2, -0.15) is 0 Å². The Morgan fingerprint density at radius 1 is 0.508 bits per heavy atom. The molecule has 0 fully saturated rings. The molecule has 3 nitrogen and oxygen atoms in total. The number of rotatable bonds is 7. The Kier molecular flexibility index (Phi) is 10.8. The molecule has 10 aromatic rings. The molecule has 0 saturated carbocycles. The molecule has 7 aromatic carbocycles. The monoisotopic (exact) mass is 757 g/mol. The smallest absolute Gasteiger partial charge is 0.0716 e. The van der Waals surface area contributed by atoms with Gasteiger partial charge < -0.3 is 9.13 Å². The third kappa shape index (κ3) is 6.97. The van der Waals surface area contributed by atoms with Crippen LogP contribution in [0.25, 0.3) is 94.9 Å². The van der Waals surface area contributed by atoms with Crippen LogP contribution in [-0.2, 0) is 0 Å². The number of terminal acetylenes is 1. The molecule has 3 aromatic heterocycles. The highest BCUT2D eigenvalue weighted by atomic mass is 15.0. The number of hydrogen-bond donors (Lipinski definition) is 0. The second-order valence-corrected chi connectivity index (χ2v) is 14.0. The highest BCUT2D eigenvalue weighted by molar-refractivity contribution is 6.09. The molecular formula is C56H43N3. The van der Waals surface area contributed by atoms with Gasteiger partial charge in [0.1, 0.15) is 0 Å². The van der Waals surface area contributed by atoms with E-state index in [1.54, 1.807) is 0 Å². The van der Waals surface area contributed by atoms with Crippen molar-refractivity contribution in [2.24, 2.45) is 0 Å². The van der Waals surface area contributed by atoms with Crippen LogP contribution in [0, 0.1) is 31.9 Å². The largest absolute Gasteiger partial charge is 0.309 e. The van der Waals surface area contributed by atoms with Crippen LogP contribution in [0.1, 0.15) is 25.1 Å². The average Bonchev–Trinajstić information content (AvgIpc) is 3.82. The molecular weight excluding hydrogens is 715 g/mol. The maximum atomic E-state index is 5.41. The third-order valence-corrected chi connectivity index (χ3v) is 10.7. The first-order valence-electron chi connectivity index (χ1n) is 19.9. The molecule has 0 amide bonds. The zero-order valence-corrected chi connectivity index (χ0v) is 33.5. The molecule has 0 radical (unpaired) electrons. The molecule has 0 unspecified atom stereocenters. The van der Waals surface area contributed by atoms with Gasteiger partial charge in [0.15, 0.2) is 0 Å². The number of fused-ring (bicyclic) bond motifs is 4.